The summed E-state index contributed by atoms with van der Waals surface area (Å²) in [4.78, 5) is 24.6. The molecule has 0 unspecified atom stereocenters. The van der Waals surface area contributed by atoms with Crippen LogP contribution in [0.1, 0.15) is 20.7 Å². The third-order valence-electron chi connectivity index (χ3n) is 3.57. The molecule has 0 bridgehead atoms. The Morgan fingerprint density at radius 3 is 2.12 bits per heavy atom. The molecule has 24 heavy (non-hydrogen) atoms. The first-order valence-corrected chi connectivity index (χ1v) is 7.66. The number of nitrogens with one attached hydrogen (secondary N) is 1. The normalized spacial score (nSPS) is 10.2. The van der Waals surface area contributed by atoms with Crippen LogP contribution in [0.25, 0.3) is 0 Å². The van der Waals surface area contributed by atoms with E-state index in [0.29, 0.717) is 11.1 Å². The van der Waals surface area contributed by atoms with Gasteiger partial charge >= 0.3 is 0 Å². The van der Waals surface area contributed by atoms with Gasteiger partial charge in [0.05, 0.1) is 0 Å². The molecular weight excluding hydrogens is 300 g/mol. The molecule has 0 fully saturated rings. The van der Waals surface area contributed by atoms with Crippen molar-refractivity contribution in [2.24, 2.45) is 0 Å². The molecule has 0 saturated carbocycles. The molecular formula is C20H17N2O2+. The molecule has 0 aliphatic rings. The van der Waals surface area contributed by atoms with Crippen LogP contribution in [0.15, 0.2) is 85.2 Å². The van der Waals surface area contributed by atoms with Crippen LogP contribution in [-0.2, 0) is 6.54 Å². The standard InChI is InChI=1S/C20H16N2O2/c23-19(16-8-3-1-4-9-16)15-22-13-7-10-17(14-22)20(24)21-18-11-5-2-6-12-18/h1-14H,15H2/p+1. The maximum Gasteiger partial charge on any atom is 0.261 e. The molecule has 1 heterocycles. The average Bonchev–Trinajstić information content (AvgIpc) is 2.63. The summed E-state index contributed by atoms with van der Waals surface area (Å²) < 4.78 is 1.72. The van der Waals surface area contributed by atoms with Crippen molar-refractivity contribution >= 4 is 17.4 Å². The summed E-state index contributed by atoms with van der Waals surface area (Å²) >= 11 is 0. The Labute approximate surface area is 140 Å². The predicted octanol–water partition coefficient (Wildman–Crippen LogP) is 3.11. The highest BCUT2D eigenvalue weighted by molar-refractivity contribution is 6.03. The van der Waals surface area contributed by atoms with Gasteiger partial charge in [-0.05, 0) is 18.2 Å². The molecule has 4 heteroatoms. The first-order chi connectivity index (χ1) is 11.7. The van der Waals surface area contributed by atoms with E-state index >= 15 is 0 Å². The summed E-state index contributed by atoms with van der Waals surface area (Å²) in [5, 5.41) is 2.83. The van der Waals surface area contributed by atoms with Crippen molar-refractivity contribution in [3.63, 3.8) is 0 Å². The number of carbonyl (C=O) groups excluding carboxylic acids is 2. The van der Waals surface area contributed by atoms with Gasteiger partial charge in [-0.2, -0.15) is 4.57 Å². The molecule has 0 saturated heterocycles. The van der Waals surface area contributed by atoms with Crippen molar-refractivity contribution < 1.29 is 14.2 Å². The van der Waals surface area contributed by atoms with E-state index in [2.05, 4.69) is 5.32 Å². The molecule has 1 N–H and O–H groups in total. The molecule has 0 aliphatic heterocycles. The highest BCUT2D eigenvalue weighted by Gasteiger charge is 2.15. The number of ketones is 1. The van der Waals surface area contributed by atoms with E-state index in [9.17, 15) is 9.59 Å². The number of anilines is 1. The smallest absolute Gasteiger partial charge is 0.261 e. The monoisotopic (exact) mass is 317 g/mol. The number of hydrogen-bond acceptors (Lipinski definition) is 2. The van der Waals surface area contributed by atoms with Crippen molar-refractivity contribution in [3.8, 4) is 0 Å². The Hall–Kier alpha value is -3.27. The molecule has 118 valence electrons. The zero-order valence-corrected chi connectivity index (χ0v) is 13.1. The van der Waals surface area contributed by atoms with E-state index in [-0.39, 0.29) is 18.2 Å². The van der Waals surface area contributed by atoms with Gasteiger partial charge in [0.15, 0.2) is 12.4 Å². The number of aromatic nitrogens is 1. The summed E-state index contributed by atoms with van der Waals surface area (Å²) in [6.07, 6.45) is 3.46. The minimum Gasteiger partial charge on any atom is -0.322 e. The third kappa shape index (κ3) is 3.93. The van der Waals surface area contributed by atoms with Gasteiger partial charge in [-0.15, -0.1) is 0 Å². The number of para-hydroxylation sites is 1. The Morgan fingerprint density at radius 1 is 0.792 bits per heavy atom. The van der Waals surface area contributed by atoms with E-state index in [4.69, 9.17) is 0 Å². The number of nitrogens with zero attached hydrogens (tertiary/aromatic N) is 1. The van der Waals surface area contributed by atoms with Crippen molar-refractivity contribution in [1.29, 1.82) is 0 Å². The number of benzene rings is 2. The average molecular weight is 317 g/mol. The van der Waals surface area contributed by atoms with Crippen molar-refractivity contribution in [3.05, 3.63) is 96.3 Å². The number of rotatable bonds is 5. The van der Waals surface area contributed by atoms with Crippen LogP contribution in [0.5, 0.6) is 0 Å². The molecule has 0 atom stereocenters. The van der Waals surface area contributed by atoms with E-state index in [1.807, 2.05) is 48.5 Å². The second-order valence-corrected chi connectivity index (χ2v) is 5.37. The largest absolute Gasteiger partial charge is 0.322 e. The second kappa shape index (κ2) is 7.33. The molecule has 1 aromatic heterocycles. The van der Waals surface area contributed by atoms with Gasteiger partial charge in [0, 0.05) is 17.3 Å². The fourth-order valence-corrected chi connectivity index (χ4v) is 2.36. The fraction of sp³-hybridized carbons (Fsp3) is 0.0500. The lowest BCUT2D eigenvalue weighted by atomic mass is 10.1. The van der Waals surface area contributed by atoms with E-state index in [1.54, 1.807) is 41.2 Å². The molecule has 3 rings (SSSR count). The number of amides is 1. The van der Waals surface area contributed by atoms with Crippen molar-refractivity contribution in [1.82, 2.24) is 0 Å². The van der Waals surface area contributed by atoms with Gasteiger partial charge < -0.3 is 5.32 Å². The number of Topliss-reactive ketones (excluding diaryl/α,β-unsaturated/α-hetero) is 1. The quantitative estimate of drug-likeness (QED) is 0.581. The van der Waals surface area contributed by atoms with Crippen LogP contribution < -0.4 is 9.88 Å². The lowest BCUT2D eigenvalue weighted by Crippen LogP contribution is -2.38. The summed E-state index contributed by atoms with van der Waals surface area (Å²) in [6, 6.07) is 21.9. The van der Waals surface area contributed by atoms with Crippen LogP contribution in [0.3, 0.4) is 0 Å². The summed E-state index contributed by atoms with van der Waals surface area (Å²) in [6.45, 7) is 0.191. The van der Waals surface area contributed by atoms with Gasteiger partial charge in [-0.25, -0.2) is 0 Å². The Bertz CT molecular complexity index is 846. The molecule has 0 radical (unpaired) electrons. The Balaban J connectivity index is 1.72. The summed E-state index contributed by atoms with van der Waals surface area (Å²) in [5.41, 5.74) is 1.89. The molecule has 0 spiro atoms. The van der Waals surface area contributed by atoms with Crippen LogP contribution in [0, 0.1) is 0 Å². The van der Waals surface area contributed by atoms with Crippen LogP contribution >= 0.6 is 0 Å². The zero-order chi connectivity index (χ0) is 16.8. The predicted molar refractivity (Wildman–Crippen MR) is 91.8 cm³/mol. The fourth-order valence-electron chi connectivity index (χ4n) is 2.36. The Kier molecular flexibility index (Phi) is 4.77. The number of carbonyl (C=O) groups is 2. The highest BCUT2D eigenvalue weighted by Crippen LogP contribution is 2.07. The Morgan fingerprint density at radius 2 is 1.42 bits per heavy atom. The highest BCUT2D eigenvalue weighted by atomic mass is 16.1. The molecule has 3 aromatic rings. The molecule has 0 aliphatic carbocycles. The van der Waals surface area contributed by atoms with Gasteiger partial charge in [0.2, 0.25) is 12.3 Å². The van der Waals surface area contributed by atoms with Crippen LogP contribution in [0.4, 0.5) is 5.69 Å². The van der Waals surface area contributed by atoms with Crippen LogP contribution in [0.2, 0.25) is 0 Å². The topological polar surface area (TPSA) is 50.0 Å². The SMILES string of the molecule is O=C(C[n+]1cccc(C(=O)Nc2ccccc2)c1)c1ccccc1. The van der Waals surface area contributed by atoms with E-state index in [0.717, 1.165) is 5.69 Å². The zero-order valence-electron chi connectivity index (χ0n) is 13.1. The molecule has 4 nitrogen and oxygen atoms in total. The first-order valence-electron chi connectivity index (χ1n) is 7.66. The van der Waals surface area contributed by atoms with Gasteiger partial charge in [-0.1, -0.05) is 48.5 Å². The minimum atomic E-state index is -0.206. The van der Waals surface area contributed by atoms with Crippen LogP contribution in [-0.4, -0.2) is 11.7 Å². The van der Waals surface area contributed by atoms with Crippen molar-refractivity contribution in [2.75, 3.05) is 5.32 Å². The van der Waals surface area contributed by atoms with E-state index < -0.39 is 0 Å². The lowest BCUT2D eigenvalue weighted by Gasteiger charge is -2.04. The minimum absolute atomic E-state index is 0.00113. The van der Waals surface area contributed by atoms with E-state index in [1.165, 1.54) is 0 Å². The van der Waals surface area contributed by atoms with Gasteiger partial charge in [0.1, 0.15) is 5.56 Å². The number of hydrogen-bond donors (Lipinski definition) is 1. The third-order valence-corrected chi connectivity index (χ3v) is 3.57. The van der Waals surface area contributed by atoms with Gasteiger partial charge in [-0.3, -0.25) is 9.59 Å². The maximum atomic E-state index is 12.3. The number of pyridine rings is 1. The molecule has 2 aromatic carbocycles. The maximum absolute atomic E-state index is 12.3. The van der Waals surface area contributed by atoms with Crippen molar-refractivity contribution in [2.45, 2.75) is 6.54 Å². The first kappa shape index (κ1) is 15.6. The summed E-state index contributed by atoms with van der Waals surface area (Å²) in [5.74, 6) is -0.205. The van der Waals surface area contributed by atoms with Gasteiger partial charge in [0.25, 0.3) is 5.91 Å². The summed E-state index contributed by atoms with van der Waals surface area (Å²) in [7, 11) is 0. The second-order valence-electron chi connectivity index (χ2n) is 5.37. The molecule has 1 amide bonds. The lowest BCUT2D eigenvalue weighted by molar-refractivity contribution is -0.683.